The van der Waals surface area contributed by atoms with Crippen LogP contribution in [0, 0.1) is 5.92 Å². The highest BCUT2D eigenvalue weighted by Crippen LogP contribution is 2.29. The zero-order chi connectivity index (χ0) is 15.0. The number of nitrogens with two attached hydrogens (primary N) is 1. The summed E-state index contributed by atoms with van der Waals surface area (Å²) in [4.78, 5) is 0. The molecule has 0 bridgehead atoms. The molecular weight excluding hydrogens is 318 g/mol. The molecule has 0 fully saturated rings. The maximum absolute atomic E-state index is 5.87. The number of benzene rings is 1. The highest BCUT2D eigenvalue weighted by molar-refractivity contribution is 9.10. The molecule has 0 spiro atoms. The Morgan fingerprint density at radius 2 is 1.90 bits per heavy atom. The van der Waals surface area contributed by atoms with Crippen LogP contribution in [0.1, 0.15) is 32.8 Å². The van der Waals surface area contributed by atoms with Crippen LogP contribution in [0.15, 0.2) is 22.7 Å². The molecule has 1 atom stereocenters. The molecule has 0 saturated heterocycles. The van der Waals surface area contributed by atoms with Crippen molar-refractivity contribution in [2.24, 2.45) is 11.7 Å². The smallest absolute Gasteiger partial charge is 0.136 e. The first-order valence-electron chi connectivity index (χ1n) is 7.24. The second kappa shape index (κ2) is 9.37. The minimum Gasteiger partial charge on any atom is -0.490 e. The van der Waals surface area contributed by atoms with Gasteiger partial charge in [0.1, 0.15) is 12.4 Å². The lowest BCUT2D eigenvalue weighted by atomic mass is 10.1. The van der Waals surface area contributed by atoms with Crippen molar-refractivity contribution >= 4 is 15.9 Å². The van der Waals surface area contributed by atoms with Gasteiger partial charge < -0.3 is 15.2 Å². The summed E-state index contributed by atoms with van der Waals surface area (Å²) >= 11 is 3.53. The molecule has 1 aromatic carbocycles. The van der Waals surface area contributed by atoms with Crippen molar-refractivity contribution in [2.75, 3.05) is 19.8 Å². The summed E-state index contributed by atoms with van der Waals surface area (Å²) < 4.78 is 12.4. The van der Waals surface area contributed by atoms with Crippen LogP contribution in [0.2, 0.25) is 0 Å². The van der Waals surface area contributed by atoms with E-state index in [0.717, 1.165) is 35.2 Å². The molecule has 2 N–H and O–H groups in total. The van der Waals surface area contributed by atoms with Crippen LogP contribution in [-0.2, 0) is 11.2 Å². The van der Waals surface area contributed by atoms with E-state index in [1.165, 1.54) is 0 Å². The Kier molecular flexibility index (Phi) is 8.19. The molecule has 0 heterocycles. The maximum Gasteiger partial charge on any atom is 0.136 e. The first-order valence-corrected chi connectivity index (χ1v) is 8.03. The highest BCUT2D eigenvalue weighted by Gasteiger charge is 2.09. The summed E-state index contributed by atoms with van der Waals surface area (Å²) in [5.41, 5.74) is 7.01. The van der Waals surface area contributed by atoms with E-state index < -0.39 is 0 Å². The molecule has 0 saturated carbocycles. The molecule has 20 heavy (non-hydrogen) atoms. The second-order valence-corrected chi connectivity index (χ2v) is 6.41. The molecule has 114 valence electrons. The van der Waals surface area contributed by atoms with Crippen LogP contribution >= 0.6 is 15.9 Å². The molecule has 0 aliphatic rings. The minimum atomic E-state index is 0.119. The van der Waals surface area contributed by atoms with Gasteiger partial charge in [0.25, 0.3) is 0 Å². The average molecular weight is 344 g/mol. The number of para-hydroxylation sites is 1. The Labute approximate surface area is 131 Å². The fourth-order valence-electron chi connectivity index (χ4n) is 1.85. The number of halogens is 1. The fourth-order valence-corrected chi connectivity index (χ4v) is 2.37. The molecule has 0 amide bonds. The van der Waals surface area contributed by atoms with Crippen LogP contribution in [0.3, 0.4) is 0 Å². The number of rotatable bonds is 9. The minimum absolute atomic E-state index is 0.119. The zero-order valence-corrected chi connectivity index (χ0v) is 14.3. The van der Waals surface area contributed by atoms with Gasteiger partial charge in [-0.25, -0.2) is 0 Å². The Morgan fingerprint density at radius 3 is 2.55 bits per heavy atom. The molecule has 3 nitrogen and oxygen atoms in total. The van der Waals surface area contributed by atoms with Gasteiger partial charge in [-0.05, 0) is 53.2 Å². The van der Waals surface area contributed by atoms with Gasteiger partial charge in [-0.2, -0.15) is 0 Å². The predicted octanol–water partition coefficient (Wildman–Crippen LogP) is 3.78. The topological polar surface area (TPSA) is 44.5 Å². The van der Waals surface area contributed by atoms with E-state index in [0.29, 0.717) is 19.1 Å². The lowest BCUT2D eigenvalue weighted by molar-refractivity contribution is 0.0920. The van der Waals surface area contributed by atoms with Gasteiger partial charge in [-0.3, -0.25) is 0 Å². The molecule has 4 heteroatoms. The standard InChI is InChI=1S/C16H26BrNO2/c1-12(2)7-8-19-9-10-20-16-14(11-13(3)18)5-4-6-15(16)17/h4-6,12-13H,7-11,18H2,1-3H3. The van der Waals surface area contributed by atoms with E-state index in [4.69, 9.17) is 15.2 Å². The monoisotopic (exact) mass is 343 g/mol. The summed E-state index contributed by atoms with van der Waals surface area (Å²) in [7, 11) is 0. The van der Waals surface area contributed by atoms with E-state index in [1.54, 1.807) is 0 Å². The van der Waals surface area contributed by atoms with Crippen LogP contribution in [-0.4, -0.2) is 25.9 Å². The van der Waals surface area contributed by atoms with Gasteiger partial charge >= 0.3 is 0 Å². The van der Waals surface area contributed by atoms with Crippen molar-refractivity contribution in [1.82, 2.24) is 0 Å². The van der Waals surface area contributed by atoms with E-state index in [-0.39, 0.29) is 6.04 Å². The zero-order valence-electron chi connectivity index (χ0n) is 12.7. The SMILES string of the molecule is CC(C)CCOCCOc1c(Br)cccc1CC(C)N. The van der Waals surface area contributed by atoms with E-state index in [9.17, 15) is 0 Å². The van der Waals surface area contributed by atoms with Gasteiger partial charge in [0, 0.05) is 12.6 Å². The second-order valence-electron chi connectivity index (χ2n) is 5.55. The highest BCUT2D eigenvalue weighted by atomic mass is 79.9. The predicted molar refractivity (Wildman–Crippen MR) is 87.3 cm³/mol. The summed E-state index contributed by atoms with van der Waals surface area (Å²) in [6, 6.07) is 6.17. The molecule has 0 aliphatic carbocycles. The van der Waals surface area contributed by atoms with Gasteiger partial charge in [0.05, 0.1) is 11.1 Å². The maximum atomic E-state index is 5.87. The Bertz CT molecular complexity index is 394. The summed E-state index contributed by atoms with van der Waals surface area (Å²) in [6.07, 6.45) is 1.90. The van der Waals surface area contributed by atoms with E-state index in [2.05, 4.69) is 35.8 Å². The molecule has 0 aliphatic heterocycles. The summed E-state index contributed by atoms with van der Waals surface area (Å²) in [5, 5.41) is 0. The van der Waals surface area contributed by atoms with Crippen LogP contribution in [0.5, 0.6) is 5.75 Å². The Morgan fingerprint density at radius 1 is 1.15 bits per heavy atom. The van der Waals surface area contributed by atoms with Crippen molar-refractivity contribution < 1.29 is 9.47 Å². The largest absolute Gasteiger partial charge is 0.490 e. The van der Waals surface area contributed by atoms with Gasteiger partial charge in [0.15, 0.2) is 0 Å². The normalized spacial score (nSPS) is 12.7. The summed E-state index contributed by atoms with van der Waals surface area (Å²) in [5.74, 6) is 1.56. The van der Waals surface area contributed by atoms with E-state index >= 15 is 0 Å². The molecule has 1 rings (SSSR count). The number of hydrogen-bond acceptors (Lipinski definition) is 3. The van der Waals surface area contributed by atoms with Gasteiger partial charge in [0.2, 0.25) is 0 Å². The molecule has 1 aromatic rings. The molecule has 0 aromatic heterocycles. The van der Waals surface area contributed by atoms with Crippen molar-refractivity contribution in [1.29, 1.82) is 0 Å². The van der Waals surface area contributed by atoms with Gasteiger partial charge in [-0.15, -0.1) is 0 Å². The van der Waals surface area contributed by atoms with Gasteiger partial charge in [-0.1, -0.05) is 26.0 Å². The van der Waals surface area contributed by atoms with Crippen molar-refractivity contribution in [3.63, 3.8) is 0 Å². The average Bonchev–Trinajstić information content (AvgIpc) is 2.35. The quantitative estimate of drug-likeness (QED) is 0.694. The molecule has 0 radical (unpaired) electrons. The summed E-state index contributed by atoms with van der Waals surface area (Å²) in [6.45, 7) is 8.37. The third kappa shape index (κ3) is 6.73. The third-order valence-electron chi connectivity index (χ3n) is 2.90. The first-order chi connectivity index (χ1) is 9.50. The molecular formula is C16H26BrNO2. The van der Waals surface area contributed by atoms with Crippen molar-refractivity contribution in [2.45, 2.75) is 39.7 Å². The lowest BCUT2D eigenvalue weighted by Crippen LogP contribution is -2.19. The first kappa shape index (κ1) is 17.5. The number of hydrogen-bond donors (Lipinski definition) is 1. The third-order valence-corrected chi connectivity index (χ3v) is 3.53. The van der Waals surface area contributed by atoms with Crippen LogP contribution < -0.4 is 10.5 Å². The molecule has 1 unspecified atom stereocenters. The Balaban J connectivity index is 2.42. The Hall–Kier alpha value is -0.580. The van der Waals surface area contributed by atoms with Crippen molar-refractivity contribution in [3.8, 4) is 5.75 Å². The van der Waals surface area contributed by atoms with E-state index in [1.807, 2.05) is 19.1 Å². The lowest BCUT2D eigenvalue weighted by Gasteiger charge is -2.15. The van der Waals surface area contributed by atoms with Crippen LogP contribution in [0.4, 0.5) is 0 Å². The van der Waals surface area contributed by atoms with Crippen molar-refractivity contribution in [3.05, 3.63) is 28.2 Å². The number of ether oxygens (including phenoxy) is 2. The van der Waals surface area contributed by atoms with Crippen LogP contribution in [0.25, 0.3) is 0 Å². The fraction of sp³-hybridized carbons (Fsp3) is 0.625.